The van der Waals surface area contributed by atoms with E-state index >= 15 is 0 Å². The summed E-state index contributed by atoms with van der Waals surface area (Å²) in [6.07, 6.45) is 45.3. The van der Waals surface area contributed by atoms with Crippen LogP contribution in [0.2, 0.25) is 0 Å². The second-order valence-electron chi connectivity index (χ2n) is 8.86. The summed E-state index contributed by atoms with van der Waals surface area (Å²) in [4.78, 5) is 0. The molecule has 0 saturated heterocycles. The molecule has 0 aliphatic heterocycles. The van der Waals surface area contributed by atoms with E-state index in [1.807, 2.05) is 0 Å². The van der Waals surface area contributed by atoms with Crippen LogP contribution in [0.15, 0.2) is 126 Å². The zero-order chi connectivity index (χ0) is 21.5. The molecule has 0 unspecified atom stereocenters. The van der Waals surface area contributed by atoms with Gasteiger partial charge in [0.25, 0.3) is 0 Å². The van der Waals surface area contributed by atoms with Gasteiger partial charge in [-0.2, -0.15) is 0 Å². The molecule has 0 aromatic heterocycles. The van der Waals surface area contributed by atoms with Crippen molar-refractivity contribution >= 4 is 15.9 Å². The fourth-order valence-electron chi connectivity index (χ4n) is 5.67. The molecule has 0 nitrogen and oxygen atoms in total. The zero-order valence-corrected chi connectivity index (χ0v) is 19.4. The zero-order valence-electron chi connectivity index (χ0n) is 17.8. The fraction of sp³-hybridized carbons (Fsp3) is 0.161. The minimum absolute atomic E-state index is 0.284. The summed E-state index contributed by atoms with van der Waals surface area (Å²) in [5.41, 5.74) is 7.23. The predicted molar refractivity (Wildman–Crippen MR) is 139 cm³/mol. The molecule has 0 bridgehead atoms. The van der Waals surface area contributed by atoms with Crippen LogP contribution in [-0.4, -0.2) is 0 Å². The SMILES string of the molecule is Brc1c(C2C=CC=C2)c(C2C=CC=C2)c(C2C=CC=C2)c(C2C=CC=C2)c1C1C=CC=C1. The molecule has 0 radical (unpaired) electrons. The fourth-order valence-corrected chi connectivity index (χ4v) is 6.62. The first kappa shape index (κ1) is 19.8. The molecule has 0 saturated carbocycles. The van der Waals surface area contributed by atoms with Crippen molar-refractivity contribution in [3.05, 3.63) is 154 Å². The molecule has 0 heterocycles. The average Bonchev–Trinajstić information content (AvgIpc) is 3.65. The number of benzene rings is 1. The second kappa shape index (κ2) is 8.22. The quantitative estimate of drug-likeness (QED) is 0.399. The Morgan fingerprint density at radius 2 is 0.500 bits per heavy atom. The third-order valence-corrected chi connectivity index (χ3v) is 7.89. The van der Waals surface area contributed by atoms with Crippen molar-refractivity contribution in [1.29, 1.82) is 0 Å². The molecule has 6 rings (SSSR count). The third-order valence-electron chi connectivity index (χ3n) is 7.04. The number of allylic oxidation sites excluding steroid dienone is 20. The average molecular weight is 477 g/mol. The van der Waals surface area contributed by atoms with Crippen molar-refractivity contribution in [1.82, 2.24) is 0 Å². The smallest absolute Gasteiger partial charge is 0.0264 e. The predicted octanol–water partition coefficient (Wildman–Crippen LogP) is 8.50. The molecule has 1 aromatic carbocycles. The maximum atomic E-state index is 4.17. The summed E-state index contributed by atoms with van der Waals surface area (Å²) in [5, 5.41) is 0. The lowest BCUT2D eigenvalue weighted by Gasteiger charge is -2.33. The Morgan fingerprint density at radius 1 is 0.312 bits per heavy atom. The maximum Gasteiger partial charge on any atom is 0.0264 e. The van der Waals surface area contributed by atoms with E-state index in [4.69, 9.17) is 0 Å². The summed E-state index contributed by atoms with van der Waals surface area (Å²) in [7, 11) is 0. The standard InChI is InChI=1S/C31H25Br/c32-31-29(24-17-7-8-18-24)27(22-13-3-4-14-22)26(21-11-1-2-12-21)28(23-15-5-6-16-23)30(31)25-19-9-10-20-25/h1-25H. The van der Waals surface area contributed by atoms with Gasteiger partial charge in [0.1, 0.15) is 0 Å². The first-order chi connectivity index (χ1) is 15.8. The van der Waals surface area contributed by atoms with E-state index in [9.17, 15) is 0 Å². The van der Waals surface area contributed by atoms with Crippen LogP contribution in [0.5, 0.6) is 0 Å². The van der Waals surface area contributed by atoms with Gasteiger partial charge in [0.2, 0.25) is 0 Å². The minimum Gasteiger partial charge on any atom is -0.0732 e. The Kier molecular flexibility index (Phi) is 5.08. The van der Waals surface area contributed by atoms with Crippen LogP contribution in [0.4, 0.5) is 0 Å². The molecular formula is C31H25Br. The molecule has 0 N–H and O–H groups in total. The molecule has 5 aliphatic rings. The lowest BCUT2D eigenvalue weighted by atomic mass is 9.72. The Bertz CT molecular complexity index is 1110. The van der Waals surface area contributed by atoms with E-state index in [1.54, 1.807) is 0 Å². The highest BCUT2D eigenvalue weighted by molar-refractivity contribution is 9.10. The molecule has 0 spiro atoms. The topological polar surface area (TPSA) is 0 Å². The summed E-state index contributed by atoms with van der Waals surface area (Å²) in [5.74, 6) is 1.44. The maximum absolute atomic E-state index is 4.17. The van der Waals surface area contributed by atoms with E-state index in [0.717, 1.165) is 0 Å². The van der Waals surface area contributed by atoms with Crippen molar-refractivity contribution in [3.8, 4) is 0 Å². The monoisotopic (exact) mass is 476 g/mol. The number of halogens is 1. The van der Waals surface area contributed by atoms with Gasteiger partial charge in [0, 0.05) is 34.1 Å². The van der Waals surface area contributed by atoms with Crippen LogP contribution in [-0.2, 0) is 0 Å². The minimum atomic E-state index is 0.284. The molecule has 156 valence electrons. The van der Waals surface area contributed by atoms with E-state index < -0.39 is 0 Å². The van der Waals surface area contributed by atoms with Crippen LogP contribution >= 0.6 is 15.9 Å². The summed E-state index contributed by atoms with van der Waals surface area (Å²) in [6, 6.07) is 0. The van der Waals surface area contributed by atoms with Gasteiger partial charge in [-0.1, -0.05) is 137 Å². The normalized spacial score (nSPS) is 21.9. The first-order valence-electron chi connectivity index (χ1n) is 11.5. The molecule has 0 fully saturated rings. The summed E-state index contributed by atoms with van der Waals surface area (Å²) in [6.45, 7) is 0. The summed E-state index contributed by atoms with van der Waals surface area (Å²) >= 11 is 4.17. The summed E-state index contributed by atoms with van der Waals surface area (Å²) < 4.78 is 1.27. The Morgan fingerprint density at radius 3 is 0.750 bits per heavy atom. The lowest BCUT2D eigenvalue weighted by Crippen LogP contribution is -2.17. The molecule has 1 aromatic rings. The molecule has 5 aliphatic carbocycles. The van der Waals surface area contributed by atoms with Crippen LogP contribution in [0, 0.1) is 0 Å². The second-order valence-corrected chi connectivity index (χ2v) is 9.65. The molecule has 0 atom stereocenters. The van der Waals surface area contributed by atoms with Crippen molar-refractivity contribution in [3.63, 3.8) is 0 Å². The number of hydrogen-bond donors (Lipinski definition) is 0. The molecular weight excluding hydrogens is 452 g/mol. The molecule has 32 heavy (non-hydrogen) atoms. The van der Waals surface area contributed by atoms with Crippen molar-refractivity contribution in [2.75, 3.05) is 0 Å². The van der Waals surface area contributed by atoms with Gasteiger partial charge in [0.15, 0.2) is 0 Å². The van der Waals surface area contributed by atoms with Gasteiger partial charge in [-0.05, 0) is 27.8 Å². The van der Waals surface area contributed by atoms with Gasteiger partial charge < -0.3 is 0 Å². The highest BCUT2D eigenvalue weighted by Crippen LogP contribution is 2.51. The van der Waals surface area contributed by atoms with E-state index in [1.165, 1.54) is 32.3 Å². The van der Waals surface area contributed by atoms with Gasteiger partial charge in [-0.25, -0.2) is 0 Å². The van der Waals surface area contributed by atoms with E-state index in [0.29, 0.717) is 5.92 Å². The largest absolute Gasteiger partial charge is 0.0732 e. The Hall–Kier alpha value is -2.90. The third kappa shape index (κ3) is 3.19. The van der Waals surface area contributed by atoms with Gasteiger partial charge in [0.05, 0.1) is 0 Å². The molecule has 0 amide bonds. The van der Waals surface area contributed by atoms with Gasteiger partial charge in [-0.15, -0.1) is 0 Å². The molecule has 1 heteroatoms. The van der Waals surface area contributed by atoms with Crippen LogP contribution in [0.25, 0.3) is 0 Å². The van der Waals surface area contributed by atoms with E-state index in [-0.39, 0.29) is 23.7 Å². The van der Waals surface area contributed by atoms with Crippen molar-refractivity contribution < 1.29 is 0 Å². The Balaban J connectivity index is 1.74. The van der Waals surface area contributed by atoms with Crippen LogP contribution in [0.3, 0.4) is 0 Å². The highest BCUT2D eigenvalue weighted by atomic mass is 79.9. The van der Waals surface area contributed by atoms with Crippen LogP contribution < -0.4 is 0 Å². The Labute approximate surface area is 198 Å². The lowest BCUT2D eigenvalue weighted by molar-refractivity contribution is 0.866. The van der Waals surface area contributed by atoms with Gasteiger partial charge >= 0.3 is 0 Å². The van der Waals surface area contributed by atoms with Gasteiger partial charge in [-0.3, -0.25) is 0 Å². The van der Waals surface area contributed by atoms with Crippen LogP contribution in [0.1, 0.15) is 57.4 Å². The van der Waals surface area contributed by atoms with Crippen molar-refractivity contribution in [2.45, 2.75) is 29.6 Å². The van der Waals surface area contributed by atoms with E-state index in [2.05, 4.69) is 137 Å². The first-order valence-corrected chi connectivity index (χ1v) is 12.3. The van der Waals surface area contributed by atoms with Crippen molar-refractivity contribution in [2.24, 2.45) is 0 Å². The number of rotatable bonds is 5. The highest BCUT2D eigenvalue weighted by Gasteiger charge is 2.34. The number of hydrogen-bond acceptors (Lipinski definition) is 0.